The van der Waals surface area contributed by atoms with Gasteiger partial charge in [-0.05, 0) is 17.7 Å². The summed E-state index contributed by atoms with van der Waals surface area (Å²) < 4.78 is 57.6. The predicted molar refractivity (Wildman–Crippen MR) is 95.5 cm³/mol. The molecule has 3 N–H and O–H groups in total. The molecule has 0 radical (unpaired) electrons. The number of aliphatic hydroxyl groups is 1. The summed E-state index contributed by atoms with van der Waals surface area (Å²) >= 11 is 0. The maximum atomic E-state index is 13.4. The lowest BCUT2D eigenvalue weighted by Gasteiger charge is -2.15. The van der Waals surface area contributed by atoms with Crippen LogP contribution in [0.15, 0.2) is 30.6 Å². The molecular formula is C17H17ClF4N4O3. The molecule has 2 atom stereocenters. The van der Waals surface area contributed by atoms with Crippen LogP contribution in [-0.4, -0.2) is 51.2 Å². The van der Waals surface area contributed by atoms with Crippen LogP contribution >= 0.6 is 12.4 Å². The van der Waals surface area contributed by atoms with Crippen molar-refractivity contribution in [3.63, 3.8) is 0 Å². The number of aliphatic hydroxyl groups excluding tert-OH is 1. The molecule has 0 aliphatic carbocycles. The molecular weight excluding hydrogens is 420 g/mol. The average molecular weight is 437 g/mol. The Morgan fingerprint density at radius 1 is 1.28 bits per heavy atom. The maximum absolute atomic E-state index is 13.4. The third-order valence-electron chi connectivity index (χ3n) is 4.08. The molecule has 2 aromatic heterocycles. The Morgan fingerprint density at radius 3 is 2.59 bits per heavy atom. The molecule has 3 heterocycles. The van der Waals surface area contributed by atoms with Gasteiger partial charge in [-0.1, -0.05) is 0 Å². The number of β-amino-alcohol motifs (C(OH)–C–C–N with tert-alkyl or cyclic N) is 1. The number of pyridine rings is 2. The molecule has 2 aromatic rings. The molecule has 1 saturated heterocycles. The van der Waals surface area contributed by atoms with Crippen molar-refractivity contribution in [2.75, 3.05) is 13.1 Å². The van der Waals surface area contributed by atoms with Crippen molar-refractivity contribution in [1.82, 2.24) is 14.9 Å². The molecule has 0 unspecified atom stereocenters. The molecule has 7 nitrogen and oxygen atoms in total. The van der Waals surface area contributed by atoms with E-state index < -0.39 is 30.1 Å². The van der Waals surface area contributed by atoms with Crippen molar-refractivity contribution in [3.05, 3.63) is 47.4 Å². The standard InChI is InChI=1S/C17H16F4N4O3.ClH/c18-12-7-25(8-13(12)26)16(27)10-3-11(6-23-5-10)28-15-2-9(4-22)1-14(24-15)17(19,20)21;/h1-3,5-6,12-13,26H,4,7-8,22H2;1H/t12-,13-;/m1./s1. The molecule has 158 valence electrons. The quantitative estimate of drug-likeness (QED) is 0.713. The van der Waals surface area contributed by atoms with Crippen LogP contribution in [0.1, 0.15) is 21.6 Å². The van der Waals surface area contributed by atoms with Crippen molar-refractivity contribution in [2.45, 2.75) is 25.0 Å². The first-order valence-electron chi connectivity index (χ1n) is 8.20. The Kier molecular flexibility index (Phi) is 6.98. The van der Waals surface area contributed by atoms with E-state index in [1.165, 1.54) is 24.5 Å². The maximum Gasteiger partial charge on any atom is 0.433 e. The third-order valence-corrected chi connectivity index (χ3v) is 4.08. The Balaban J connectivity index is 0.00000300. The van der Waals surface area contributed by atoms with Crippen LogP contribution in [0.4, 0.5) is 17.6 Å². The topological polar surface area (TPSA) is 102 Å². The lowest BCUT2D eigenvalue weighted by atomic mass is 10.2. The van der Waals surface area contributed by atoms with E-state index in [1.807, 2.05) is 0 Å². The van der Waals surface area contributed by atoms with E-state index in [4.69, 9.17) is 10.5 Å². The van der Waals surface area contributed by atoms with Gasteiger partial charge in [0.25, 0.3) is 5.91 Å². The number of ether oxygens (including phenoxy) is 1. The van der Waals surface area contributed by atoms with Crippen LogP contribution in [0.25, 0.3) is 0 Å². The molecule has 0 bridgehead atoms. The average Bonchev–Trinajstić information content (AvgIpc) is 2.99. The van der Waals surface area contributed by atoms with Crippen LogP contribution in [0.5, 0.6) is 11.6 Å². The van der Waals surface area contributed by atoms with Gasteiger partial charge in [-0.2, -0.15) is 13.2 Å². The first-order chi connectivity index (χ1) is 13.2. The second kappa shape index (κ2) is 8.89. The van der Waals surface area contributed by atoms with E-state index in [2.05, 4.69) is 9.97 Å². The minimum absolute atomic E-state index is 0. The Labute approximate surface area is 168 Å². The van der Waals surface area contributed by atoms with Gasteiger partial charge in [-0.3, -0.25) is 9.78 Å². The second-order valence-electron chi connectivity index (χ2n) is 6.21. The molecule has 1 fully saturated rings. The fraction of sp³-hybridized carbons (Fsp3) is 0.353. The summed E-state index contributed by atoms with van der Waals surface area (Å²) in [5, 5.41) is 9.43. The minimum atomic E-state index is -4.68. The van der Waals surface area contributed by atoms with Gasteiger partial charge in [0.05, 0.1) is 18.3 Å². The molecule has 1 amide bonds. The number of hydrogen-bond acceptors (Lipinski definition) is 6. The lowest BCUT2D eigenvalue weighted by Crippen LogP contribution is -2.29. The second-order valence-corrected chi connectivity index (χ2v) is 6.21. The molecule has 12 heteroatoms. The number of aromatic nitrogens is 2. The molecule has 0 spiro atoms. The first kappa shape index (κ1) is 22.8. The van der Waals surface area contributed by atoms with Gasteiger partial charge >= 0.3 is 6.18 Å². The highest BCUT2D eigenvalue weighted by Gasteiger charge is 2.35. The Morgan fingerprint density at radius 2 is 2.00 bits per heavy atom. The van der Waals surface area contributed by atoms with Crippen molar-refractivity contribution in [3.8, 4) is 11.6 Å². The summed E-state index contributed by atoms with van der Waals surface area (Å²) in [5.41, 5.74) is 4.45. The number of carbonyl (C=O) groups excluding carboxylic acids is 1. The number of likely N-dealkylation sites (tertiary alicyclic amines) is 1. The van der Waals surface area contributed by atoms with Crippen LogP contribution in [0, 0.1) is 0 Å². The number of nitrogens with zero attached hydrogens (tertiary/aromatic N) is 3. The van der Waals surface area contributed by atoms with Crippen molar-refractivity contribution in [2.24, 2.45) is 5.73 Å². The summed E-state index contributed by atoms with van der Waals surface area (Å²) in [6.45, 7) is -0.583. The number of carbonyl (C=O) groups is 1. The fourth-order valence-electron chi connectivity index (χ4n) is 2.68. The number of nitrogens with two attached hydrogens (primary N) is 1. The van der Waals surface area contributed by atoms with Gasteiger partial charge in [0.1, 0.15) is 23.7 Å². The normalized spacial score (nSPS) is 19.0. The molecule has 29 heavy (non-hydrogen) atoms. The smallest absolute Gasteiger partial charge is 0.433 e. The van der Waals surface area contributed by atoms with E-state index in [1.54, 1.807) is 0 Å². The van der Waals surface area contributed by atoms with Crippen LogP contribution < -0.4 is 10.5 Å². The van der Waals surface area contributed by atoms with Gasteiger partial charge < -0.3 is 20.5 Å². The van der Waals surface area contributed by atoms with E-state index in [0.717, 1.165) is 11.0 Å². The largest absolute Gasteiger partial charge is 0.437 e. The van der Waals surface area contributed by atoms with Crippen LogP contribution in [0.2, 0.25) is 0 Å². The van der Waals surface area contributed by atoms with Gasteiger partial charge in [0.15, 0.2) is 0 Å². The summed E-state index contributed by atoms with van der Waals surface area (Å²) in [6, 6.07) is 3.31. The number of halogens is 5. The van der Waals surface area contributed by atoms with E-state index in [9.17, 15) is 27.5 Å². The SMILES string of the molecule is Cl.NCc1cc(Oc2cncc(C(=O)N3C[C@@H](O)[C@H](F)C3)c2)nc(C(F)(F)F)c1. The third kappa shape index (κ3) is 5.31. The number of hydrogen-bond donors (Lipinski definition) is 2. The highest BCUT2D eigenvalue weighted by atomic mass is 35.5. The highest BCUT2D eigenvalue weighted by molar-refractivity contribution is 5.94. The zero-order valence-electron chi connectivity index (χ0n) is 14.8. The Bertz CT molecular complexity index is 874. The summed E-state index contributed by atoms with van der Waals surface area (Å²) in [6.07, 6.45) is -5.09. The van der Waals surface area contributed by atoms with Crippen molar-refractivity contribution < 1.29 is 32.2 Å². The Hall–Kier alpha value is -2.50. The fourth-order valence-corrected chi connectivity index (χ4v) is 2.68. The van der Waals surface area contributed by atoms with Gasteiger partial charge in [0.2, 0.25) is 5.88 Å². The van der Waals surface area contributed by atoms with Crippen LogP contribution in [-0.2, 0) is 12.7 Å². The zero-order chi connectivity index (χ0) is 20.5. The van der Waals surface area contributed by atoms with Gasteiger partial charge in [-0.25, -0.2) is 9.37 Å². The number of rotatable bonds is 4. The van der Waals surface area contributed by atoms with Crippen molar-refractivity contribution >= 4 is 18.3 Å². The summed E-state index contributed by atoms with van der Waals surface area (Å²) in [5.74, 6) is -0.976. The highest BCUT2D eigenvalue weighted by Crippen LogP contribution is 2.31. The van der Waals surface area contributed by atoms with Gasteiger partial charge in [-0.15, -0.1) is 12.4 Å². The first-order valence-corrected chi connectivity index (χ1v) is 8.20. The lowest BCUT2D eigenvalue weighted by molar-refractivity contribution is -0.141. The minimum Gasteiger partial charge on any atom is -0.437 e. The van der Waals surface area contributed by atoms with Crippen molar-refractivity contribution in [1.29, 1.82) is 0 Å². The van der Waals surface area contributed by atoms with E-state index >= 15 is 0 Å². The summed E-state index contributed by atoms with van der Waals surface area (Å²) in [7, 11) is 0. The summed E-state index contributed by atoms with van der Waals surface area (Å²) in [4.78, 5) is 20.7. The van der Waals surface area contributed by atoms with Gasteiger partial charge in [0, 0.05) is 25.4 Å². The molecule has 1 aliphatic rings. The number of alkyl halides is 4. The van der Waals surface area contributed by atoms with Crippen LogP contribution in [0.3, 0.4) is 0 Å². The molecule has 0 saturated carbocycles. The predicted octanol–water partition coefficient (Wildman–Crippen LogP) is 2.32. The van der Waals surface area contributed by atoms with E-state index in [0.29, 0.717) is 0 Å². The molecule has 0 aromatic carbocycles. The molecule has 3 rings (SSSR count). The zero-order valence-corrected chi connectivity index (χ0v) is 15.6. The number of amides is 1. The van der Waals surface area contributed by atoms with E-state index in [-0.39, 0.29) is 54.8 Å². The monoisotopic (exact) mass is 436 g/mol. The molecule has 1 aliphatic heterocycles.